The van der Waals surface area contributed by atoms with Crippen molar-refractivity contribution in [3.05, 3.63) is 56.7 Å². The van der Waals surface area contributed by atoms with Gasteiger partial charge in [0, 0.05) is 22.2 Å². The number of benzene rings is 2. The van der Waals surface area contributed by atoms with E-state index in [9.17, 15) is 0 Å². The molecular weight excluding hydrogens is 373 g/mol. The Morgan fingerprint density at radius 2 is 2.00 bits per heavy atom. The molecule has 1 N–H and O–H groups in total. The van der Waals surface area contributed by atoms with Crippen LogP contribution in [-0.4, -0.2) is 5.60 Å². The Labute approximate surface area is 140 Å². The predicted molar refractivity (Wildman–Crippen MR) is 96.1 cm³/mol. The smallest absolute Gasteiger partial charge is 0.123 e. The van der Waals surface area contributed by atoms with Gasteiger partial charge in [-0.05, 0) is 84.3 Å². The van der Waals surface area contributed by atoms with Gasteiger partial charge in [0.15, 0.2) is 0 Å². The van der Waals surface area contributed by atoms with Gasteiger partial charge in [0.2, 0.25) is 0 Å². The molecular formula is C18H20INO. The number of halogens is 1. The van der Waals surface area contributed by atoms with Crippen LogP contribution < -0.4 is 10.1 Å². The van der Waals surface area contributed by atoms with Crippen LogP contribution in [-0.2, 0) is 13.0 Å². The summed E-state index contributed by atoms with van der Waals surface area (Å²) in [6, 6.07) is 13.0. The van der Waals surface area contributed by atoms with Crippen LogP contribution in [0.1, 0.15) is 30.5 Å². The van der Waals surface area contributed by atoms with E-state index in [1.54, 1.807) is 0 Å². The van der Waals surface area contributed by atoms with Crippen molar-refractivity contribution in [3.8, 4) is 5.75 Å². The van der Waals surface area contributed by atoms with E-state index in [0.717, 1.165) is 18.7 Å². The predicted octanol–water partition coefficient (Wildman–Crippen LogP) is 4.93. The van der Waals surface area contributed by atoms with E-state index in [1.165, 1.54) is 25.9 Å². The fourth-order valence-corrected chi connectivity index (χ4v) is 3.44. The Morgan fingerprint density at radius 1 is 1.19 bits per heavy atom. The van der Waals surface area contributed by atoms with Gasteiger partial charge in [-0.2, -0.15) is 0 Å². The van der Waals surface area contributed by atoms with Gasteiger partial charge < -0.3 is 10.1 Å². The zero-order valence-electron chi connectivity index (χ0n) is 12.7. The van der Waals surface area contributed by atoms with Gasteiger partial charge in [-0.15, -0.1) is 0 Å². The molecule has 3 heteroatoms. The molecule has 0 amide bonds. The average Bonchev–Trinajstić information content (AvgIpc) is 2.70. The molecule has 3 rings (SSSR count). The van der Waals surface area contributed by atoms with Gasteiger partial charge in [-0.25, -0.2) is 0 Å². The van der Waals surface area contributed by atoms with Crippen LogP contribution in [0.25, 0.3) is 0 Å². The summed E-state index contributed by atoms with van der Waals surface area (Å²) in [5.41, 5.74) is 5.04. The van der Waals surface area contributed by atoms with Gasteiger partial charge in [0.1, 0.15) is 11.4 Å². The number of hydrogen-bond donors (Lipinski definition) is 1. The second kappa shape index (κ2) is 5.52. The molecule has 0 radical (unpaired) electrons. The lowest BCUT2D eigenvalue weighted by Crippen LogP contribution is -2.24. The molecule has 0 aromatic heterocycles. The number of nitrogens with one attached hydrogen (secondary N) is 1. The third-order valence-electron chi connectivity index (χ3n) is 3.80. The Hall–Kier alpha value is -1.23. The molecule has 1 heterocycles. The highest BCUT2D eigenvalue weighted by molar-refractivity contribution is 14.1. The molecule has 0 atom stereocenters. The highest BCUT2D eigenvalue weighted by atomic mass is 127. The minimum absolute atomic E-state index is 0.0684. The first kappa shape index (κ1) is 14.7. The van der Waals surface area contributed by atoms with E-state index < -0.39 is 0 Å². The van der Waals surface area contributed by atoms with Gasteiger partial charge >= 0.3 is 0 Å². The summed E-state index contributed by atoms with van der Waals surface area (Å²) in [6.45, 7) is 7.26. The van der Waals surface area contributed by atoms with Crippen LogP contribution in [0.4, 0.5) is 5.69 Å². The van der Waals surface area contributed by atoms with E-state index in [2.05, 4.69) is 85.1 Å². The van der Waals surface area contributed by atoms with Crippen molar-refractivity contribution in [2.24, 2.45) is 0 Å². The van der Waals surface area contributed by atoms with Crippen LogP contribution in [0.15, 0.2) is 36.4 Å². The third-order valence-corrected chi connectivity index (χ3v) is 4.47. The fraction of sp³-hybridized carbons (Fsp3) is 0.333. The highest BCUT2D eigenvalue weighted by Crippen LogP contribution is 2.35. The molecule has 0 bridgehead atoms. The van der Waals surface area contributed by atoms with Gasteiger partial charge in [0.05, 0.1) is 0 Å². The maximum absolute atomic E-state index is 5.92. The second-order valence-corrected chi connectivity index (χ2v) is 7.54. The SMILES string of the molecule is Cc1cc(I)ccc1NCc1ccc2c(c1)CC(C)(C)O2. The first-order chi connectivity index (χ1) is 9.93. The van der Waals surface area contributed by atoms with Crippen LogP contribution in [0.3, 0.4) is 0 Å². The van der Waals surface area contributed by atoms with Crippen molar-refractivity contribution in [1.29, 1.82) is 0 Å². The molecule has 0 spiro atoms. The minimum Gasteiger partial charge on any atom is -0.487 e. The van der Waals surface area contributed by atoms with Gasteiger partial charge in [-0.3, -0.25) is 0 Å². The molecule has 2 aromatic rings. The molecule has 2 nitrogen and oxygen atoms in total. The van der Waals surface area contributed by atoms with Crippen LogP contribution in [0.2, 0.25) is 0 Å². The summed E-state index contributed by atoms with van der Waals surface area (Å²) in [5, 5.41) is 3.52. The lowest BCUT2D eigenvalue weighted by atomic mass is 10.0. The normalized spacial score (nSPS) is 15.4. The number of rotatable bonds is 3. The monoisotopic (exact) mass is 393 g/mol. The lowest BCUT2D eigenvalue weighted by Gasteiger charge is -2.16. The number of aryl methyl sites for hydroxylation is 1. The molecule has 1 aliphatic heterocycles. The van der Waals surface area contributed by atoms with E-state index in [1.807, 2.05) is 0 Å². The molecule has 0 unspecified atom stereocenters. The highest BCUT2D eigenvalue weighted by Gasteiger charge is 2.29. The van der Waals surface area contributed by atoms with Crippen molar-refractivity contribution in [2.75, 3.05) is 5.32 Å². The largest absolute Gasteiger partial charge is 0.487 e. The standard InChI is InChI=1S/C18H20INO/c1-12-8-15(19)5-6-16(12)20-11-13-4-7-17-14(9-13)10-18(2,3)21-17/h4-9,20H,10-11H2,1-3H3. The topological polar surface area (TPSA) is 21.3 Å². The van der Waals surface area contributed by atoms with Gasteiger partial charge in [0.25, 0.3) is 0 Å². The minimum atomic E-state index is -0.0684. The zero-order chi connectivity index (χ0) is 15.0. The molecule has 0 aliphatic carbocycles. The molecule has 0 saturated heterocycles. The van der Waals surface area contributed by atoms with Crippen molar-refractivity contribution >= 4 is 28.3 Å². The first-order valence-corrected chi connectivity index (χ1v) is 8.32. The van der Waals surface area contributed by atoms with Crippen molar-refractivity contribution in [1.82, 2.24) is 0 Å². The van der Waals surface area contributed by atoms with Crippen molar-refractivity contribution in [2.45, 2.75) is 39.3 Å². The third kappa shape index (κ3) is 3.34. The lowest BCUT2D eigenvalue weighted by molar-refractivity contribution is 0.138. The summed E-state index contributed by atoms with van der Waals surface area (Å²) < 4.78 is 7.19. The zero-order valence-corrected chi connectivity index (χ0v) is 14.8. The maximum atomic E-state index is 5.92. The quantitative estimate of drug-likeness (QED) is 0.748. The molecule has 1 aliphatic rings. The maximum Gasteiger partial charge on any atom is 0.123 e. The average molecular weight is 393 g/mol. The molecule has 21 heavy (non-hydrogen) atoms. The van der Waals surface area contributed by atoms with Crippen LogP contribution >= 0.6 is 22.6 Å². The van der Waals surface area contributed by atoms with Crippen molar-refractivity contribution < 1.29 is 4.74 Å². The van der Waals surface area contributed by atoms with Crippen LogP contribution in [0, 0.1) is 10.5 Å². The summed E-state index contributed by atoms with van der Waals surface area (Å²) >= 11 is 2.34. The Bertz CT molecular complexity index is 679. The second-order valence-electron chi connectivity index (χ2n) is 6.29. The number of anilines is 1. The first-order valence-electron chi connectivity index (χ1n) is 7.24. The number of hydrogen-bond acceptors (Lipinski definition) is 2. The van der Waals surface area contributed by atoms with Crippen molar-refractivity contribution in [3.63, 3.8) is 0 Å². The Kier molecular flexibility index (Phi) is 3.86. The molecule has 0 saturated carbocycles. The van der Waals surface area contributed by atoms with Gasteiger partial charge in [-0.1, -0.05) is 12.1 Å². The Morgan fingerprint density at radius 3 is 2.76 bits per heavy atom. The summed E-state index contributed by atoms with van der Waals surface area (Å²) in [4.78, 5) is 0. The summed E-state index contributed by atoms with van der Waals surface area (Å²) in [7, 11) is 0. The summed E-state index contributed by atoms with van der Waals surface area (Å²) in [5.74, 6) is 1.04. The number of fused-ring (bicyclic) bond motifs is 1. The van der Waals surface area contributed by atoms with E-state index in [0.29, 0.717) is 0 Å². The fourth-order valence-electron chi connectivity index (χ4n) is 2.80. The van der Waals surface area contributed by atoms with E-state index in [4.69, 9.17) is 4.74 Å². The molecule has 2 aromatic carbocycles. The number of ether oxygens (including phenoxy) is 1. The van der Waals surface area contributed by atoms with E-state index >= 15 is 0 Å². The van der Waals surface area contributed by atoms with E-state index in [-0.39, 0.29) is 5.60 Å². The Balaban J connectivity index is 1.72. The molecule has 110 valence electrons. The summed E-state index contributed by atoms with van der Waals surface area (Å²) in [6.07, 6.45) is 0.985. The van der Waals surface area contributed by atoms with Crippen LogP contribution in [0.5, 0.6) is 5.75 Å². The molecule has 0 fully saturated rings.